The quantitative estimate of drug-likeness (QED) is 0.0581. The number of anilines is 4. The maximum Gasteiger partial charge on any atom is 0.269 e. The summed E-state index contributed by atoms with van der Waals surface area (Å²) < 4.78 is 0. The third-order valence-corrected chi connectivity index (χ3v) is 21.1. The molecular formula is C74H108N12O4. The predicted molar refractivity (Wildman–Crippen MR) is 371 cm³/mol. The summed E-state index contributed by atoms with van der Waals surface area (Å²) in [5.41, 5.74) is 6.54. The molecule has 0 amide bonds. The lowest BCUT2D eigenvalue weighted by molar-refractivity contribution is -0.385. The molecule has 12 rings (SSSR count). The van der Waals surface area contributed by atoms with Gasteiger partial charge in [0, 0.05) is 177 Å². The fourth-order valence-corrected chi connectivity index (χ4v) is 15.5. The van der Waals surface area contributed by atoms with Gasteiger partial charge in [0.1, 0.15) is 0 Å². The third-order valence-electron chi connectivity index (χ3n) is 21.1. The van der Waals surface area contributed by atoms with E-state index in [-0.39, 0.29) is 21.2 Å². The van der Waals surface area contributed by atoms with Crippen molar-refractivity contribution in [2.45, 2.75) is 179 Å². The van der Waals surface area contributed by atoms with Crippen LogP contribution in [-0.2, 0) is 0 Å². The molecule has 4 aliphatic heterocycles. The van der Waals surface area contributed by atoms with Gasteiger partial charge in [0.25, 0.3) is 11.4 Å². The van der Waals surface area contributed by atoms with Crippen LogP contribution < -0.4 is 19.6 Å². The molecule has 90 heavy (non-hydrogen) atoms. The Morgan fingerprint density at radius 3 is 0.811 bits per heavy atom. The van der Waals surface area contributed by atoms with Crippen LogP contribution >= 0.6 is 0 Å². The van der Waals surface area contributed by atoms with Gasteiger partial charge in [-0.2, -0.15) is 0 Å². The van der Waals surface area contributed by atoms with Crippen LogP contribution in [0.1, 0.15) is 167 Å². The molecule has 0 atom stereocenters. The van der Waals surface area contributed by atoms with Crippen LogP contribution in [-0.4, -0.2) is 159 Å². The van der Waals surface area contributed by atoms with Gasteiger partial charge < -0.3 is 19.6 Å². The van der Waals surface area contributed by atoms with Crippen LogP contribution in [0.2, 0.25) is 0 Å². The van der Waals surface area contributed by atoms with Gasteiger partial charge in [-0.3, -0.25) is 39.8 Å². The number of non-ortho nitro benzene ring substituents is 2. The van der Waals surface area contributed by atoms with Crippen molar-refractivity contribution in [2.75, 3.05) is 137 Å². The van der Waals surface area contributed by atoms with Crippen molar-refractivity contribution in [2.24, 2.45) is 11.8 Å². The first kappa shape index (κ1) is 68.1. The zero-order valence-corrected chi connectivity index (χ0v) is 54.7. The summed E-state index contributed by atoms with van der Waals surface area (Å²) in [6, 6.07) is 31.6. The maximum atomic E-state index is 10.7. The number of nitro groups is 2. The van der Waals surface area contributed by atoms with Crippen LogP contribution in [0, 0.1) is 45.2 Å². The summed E-state index contributed by atoms with van der Waals surface area (Å²) in [4.78, 5) is 48.0. The Balaban J connectivity index is 0.000000142. The predicted octanol–water partition coefficient (Wildman–Crippen LogP) is 16.3. The van der Waals surface area contributed by atoms with E-state index in [9.17, 15) is 20.2 Å². The van der Waals surface area contributed by atoms with Crippen molar-refractivity contribution in [3.63, 3.8) is 0 Å². The van der Waals surface area contributed by atoms with E-state index in [0.29, 0.717) is 0 Å². The molecule has 0 N–H and O–H groups in total. The molecular weight excluding hydrogens is 1120 g/mol. The first-order chi connectivity index (χ1) is 44.2. The van der Waals surface area contributed by atoms with E-state index in [2.05, 4.69) is 73.2 Å². The van der Waals surface area contributed by atoms with Gasteiger partial charge in [-0.05, 0) is 112 Å². The van der Waals surface area contributed by atoms with Crippen molar-refractivity contribution in [1.82, 2.24) is 19.6 Å². The van der Waals surface area contributed by atoms with Crippen molar-refractivity contribution in [1.29, 1.82) is 0 Å². The van der Waals surface area contributed by atoms with Gasteiger partial charge in [-0.15, -0.1) is 0 Å². The Bertz CT molecular complexity index is 2740. The zero-order valence-electron chi connectivity index (χ0n) is 54.7. The Morgan fingerprint density at radius 2 is 0.556 bits per heavy atom. The van der Waals surface area contributed by atoms with E-state index in [1.54, 1.807) is 24.3 Å². The molecule has 4 aromatic carbocycles. The van der Waals surface area contributed by atoms with Crippen molar-refractivity contribution in [3.05, 3.63) is 140 Å². The van der Waals surface area contributed by atoms with Gasteiger partial charge >= 0.3 is 0 Å². The maximum absolute atomic E-state index is 10.7. The van der Waals surface area contributed by atoms with E-state index in [1.807, 2.05) is 48.5 Å². The second-order valence-electron chi connectivity index (χ2n) is 27.1. The SMILES string of the molecule is O=[N+]([O-])c1ccc(N2CCN(C3CCCCCC3)CC2)cc1.O=[N+]([O-])c1ccc(N2CCN(C3CCCCCCC3)CC2)cc1.[C-]#[N+]c1ccc(N2CCN(CC3CCCCCC3)CC2)cc1.[C-]#[N+]c1ccc(N2CCN(CC3CCCCCCC3)CC2)cc1. The fourth-order valence-electron chi connectivity index (χ4n) is 15.5. The van der Waals surface area contributed by atoms with Crippen LogP contribution in [0.15, 0.2) is 97.1 Å². The molecule has 8 fully saturated rings. The minimum atomic E-state index is -0.340. The summed E-state index contributed by atoms with van der Waals surface area (Å²) >= 11 is 0. The molecule has 0 spiro atoms. The van der Waals surface area contributed by atoms with Gasteiger partial charge in [0.15, 0.2) is 11.4 Å². The number of benzene rings is 4. The first-order valence-electron chi connectivity index (χ1n) is 35.5. The molecule has 4 saturated carbocycles. The standard InChI is InChI=1S/C20H29N3.C19H27N3.C18H27N3O2.C17H25N3O2/c1-21-19-9-11-20(12-10-19)23-15-13-22(14-16-23)17-18-7-5-3-2-4-6-8-18;1-20-18-8-10-19(11-9-18)22-14-12-21(13-15-22)16-17-6-4-2-3-5-7-17;22-21(23)18-10-8-17(9-11-18)20-14-12-19(13-15-20)16-6-4-2-1-3-5-7-16;21-20(22)17-9-7-16(8-10-17)19-13-11-18(12-14-19)15-5-3-1-2-4-6-15/h9-12,18H,2-8,13-17H2;8-11,17H,2-7,12-16H2;8-11,16H,1-7,12-15H2;7-10,15H,1-6,11-14H2. The smallest absolute Gasteiger partial charge is 0.269 e. The van der Waals surface area contributed by atoms with E-state index in [1.165, 1.54) is 218 Å². The summed E-state index contributed by atoms with van der Waals surface area (Å²) in [5, 5.41) is 21.5. The molecule has 4 heterocycles. The number of hydrogen-bond donors (Lipinski definition) is 0. The van der Waals surface area contributed by atoms with Crippen LogP contribution in [0.3, 0.4) is 0 Å². The molecule has 4 aromatic rings. The van der Waals surface area contributed by atoms with E-state index >= 15 is 0 Å². The van der Waals surface area contributed by atoms with E-state index in [0.717, 1.165) is 125 Å². The molecule has 4 aliphatic carbocycles. The summed E-state index contributed by atoms with van der Waals surface area (Å²) in [6.07, 6.45) is 36.8. The molecule has 0 radical (unpaired) electrons. The highest BCUT2D eigenvalue weighted by Crippen LogP contribution is 2.31. The van der Waals surface area contributed by atoms with Crippen LogP contribution in [0.4, 0.5) is 45.5 Å². The molecule has 488 valence electrons. The zero-order chi connectivity index (χ0) is 62.5. The number of rotatable bonds is 12. The monoisotopic (exact) mass is 1230 g/mol. The number of hydrogen-bond acceptors (Lipinski definition) is 12. The molecule has 0 aromatic heterocycles. The van der Waals surface area contributed by atoms with Crippen molar-refractivity contribution < 1.29 is 9.85 Å². The summed E-state index contributed by atoms with van der Waals surface area (Å²) in [7, 11) is 0. The molecule has 4 saturated heterocycles. The molecule has 16 nitrogen and oxygen atoms in total. The largest absolute Gasteiger partial charge is 0.369 e. The third kappa shape index (κ3) is 21.9. The van der Waals surface area contributed by atoms with Gasteiger partial charge in [0.05, 0.1) is 23.0 Å². The average Bonchev–Trinajstić information content (AvgIpc) is 3.93. The van der Waals surface area contributed by atoms with Crippen molar-refractivity contribution in [3.8, 4) is 0 Å². The summed E-state index contributed by atoms with van der Waals surface area (Å²) in [6.45, 7) is 34.4. The first-order valence-corrected chi connectivity index (χ1v) is 35.5. The molecule has 0 bridgehead atoms. The second kappa shape index (κ2) is 37.3. The Kier molecular flexibility index (Phi) is 28.2. The lowest BCUT2D eigenvalue weighted by Crippen LogP contribution is -2.50. The highest BCUT2D eigenvalue weighted by Gasteiger charge is 2.28. The lowest BCUT2D eigenvalue weighted by Gasteiger charge is -2.41. The second-order valence-corrected chi connectivity index (χ2v) is 27.1. The molecule has 8 aliphatic rings. The number of nitrogens with zero attached hydrogens (tertiary/aromatic N) is 12. The Hall–Kier alpha value is -6.30. The Morgan fingerprint density at radius 1 is 0.322 bits per heavy atom. The highest BCUT2D eigenvalue weighted by molar-refractivity contribution is 5.57. The normalized spacial score (nSPS) is 21.5. The molecule has 0 unspecified atom stereocenters. The van der Waals surface area contributed by atoms with Gasteiger partial charge in [0.2, 0.25) is 0 Å². The van der Waals surface area contributed by atoms with E-state index < -0.39 is 0 Å². The minimum Gasteiger partial charge on any atom is -0.369 e. The Labute approximate surface area is 540 Å². The number of piperazine rings is 4. The van der Waals surface area contributed by atoms with Crippen LogP contribution in [0.25, 0.3) is 9.69 Å². The minimum absolute atomic E-state index is 0.167. The highest BCUT2D eigenvalue weighted by atomic mass is 16.6. The van der Waals surface area contributed by atoms with Gasteiger partial charge in [-0.25, -0.2) is 9.69 Å². The van der Waals surface area contributed by atoms with Gasteiger partial charge in [-0.1, -0.05) is 140 Å². The fraction of sp³-hybridized carbons (Fsp3) is 0.649. The number of nitro benzene ring substituents is 2. The summed E-state index contributed by atoms with van der Waals surface area (Å²) in [5.74, 6) is 1.87. The van der Waals surface area contributed by atoms with Crippen LogP contribution in [0.5, 0.6) is 0 Å². The lowest BCUT2D eigenvalue weighted by atomic mass is 9.90. The van der Waals surface area contributed by atoms with E-state index in [4.69, 9.17) is 13.1 Å². The topological polar surface area (TPSA) is 121 Å². The average molecular weight is 1230 g/mol. The van der Waals surface area contributed by atoms with Crippen molar-refractivity contribution >= 4 is 45.5 Å². The molecule has 16 heteroatoms.